The second-order valence-corrected chi connectivity index (χ2v) is 6.21. The fourth-order valence-corrected chi connectivity index (χ4v) is 3.33. The van der Waals surface area contributed by atoms with Gasteiger partial charge in [-0.2, -0.15) is 0 Å². The topological polar surface area (TPSA) is 49.3 Å². The summed E-state index contributed by atoms with van der Waals surface area (Å²) in [5.74, 6) is -0.782. The number of thioether (sulfide) groups is 1. The summed E-state index contributed by atoms with van der Waals surface area (Å²) >= 11 is 1.67. The predicted octanol–water partition coefficient (Wildman–Crippen LogP) is 2.25. The molecule has 0 saturated carbocycles. The minimum Gasteiger partial charge on any atom is -0.480 e. The number of hydrogen-bond donors (Lipinski definition) is 2. The van der Waals surface area contributed by atoms with E-state index in [1.165, 1.54) is 0 Å². The van der Waals surface area contributed by atoms with Crippen molar-refractivity contribution in [3.05, 3.63) is 35.9 Å². The molecule has 86 valence electrons. The van der Waals surface area contributed by atoms with Gasteiger partial charge in [0.1, 0.15) is 6.04 Å². The average Bonchev–Trinajstić information content (AvgIpc) is 2.56. The molecule has 1 heterocycles. The summed E-state index contributed by atoms with van der Waals surface area (Å²) in [4.78, 5) is 11.1. The van der Waals surface area contributed by atoms with Gasteiger partial charge >= 0.3 is 5.97 Å². The number of carboxylic acids is 1. The van der Waals surface area contributed by atoms with E-state index in [0.29, 0.717) is 0 Å². The van der Waals surface area contributed by atoms with Crippen LogP contribution in [-0.4, -0.2) is 21.9 Å². The van der Waals surface area contributed by atoms with E-state index in [1.807, 2.05) is 44.2 Å². The minimum atomic E-state index is -0.782. The van der Waals surface area contributed by atoms with Crippen molar-refractivity contribution in [2.75, 3.05) is 0 Å². The molecule has 0 radical (unpaired) electrons. The van der Waals surface area contributed by atoms with Gasteiger partial charge in [-0.15, -0.1) is 11.8 Å². The van der Waals surface area contributed by atoms with E-state index in [2.05, 4.69) is 5.32 Å². The Morgan fingerprint density at radius 3 is 2.50 bits per heavy atom. The van der Waals surface area contributed by atoms with Crippen LogP contribution in [0, 0.1) is 0 Å². The summed E-state index contributed by atoms with van der Waals surface area (Å²) in [5.41, 5.74) is 1.13. The quantitative estimate of drug-likeness (QED) is 0.828. The smallest absolute Gasteiger partial charge is 0.322 e. The van der Waals surface area contributed by atoms with Crippen LogP contribution < -0.4 is 5.32 Å². The van der Waals surface area contributed by atoms with Gasteiger partial charge in [-0.3, -0.25) is 10.1 Å². The Labute approximate surface area is 99.2 Å². The van der Waals surface area contributed by atoms with Gasteiger partial charge in [0.05, 0.1) is 5.37 Å². The molecule has 2 N–H and O–H groups in total. The predicted molar refractivity (Wildman–Crippen MR) is 65.4 cm³/mol. The lowest BCUT2D eigenvalue weighted by molar-refractivity contribution is -0.139. The van der Waals surface area contributed by atoms with Crippen molar-refractivity contribution >= 4 is 17.7 Å². The molecule has 0 spiro atoms. The number of aliphatic carboxylic acids is 1. The molecular formula is C12H15NO2S. The summed E-state index contributed by atoms with van der Waals surface area (Å²) in [6, 6.07) is 9.44. The van der Waals surface area contributed by atoms with E-state index in [-0.39, 0.29) is 10.1 Å². The van der Waals surface area contributed by atoms with Gasteiger partial charge in [0, 0.05) is 4.75 Å². The van der Waals surface area contributed by atoms with E-state index in [1.54, 1.807) is 11.8 Å². The SMILES string of the molecule is CC1(C)SC(c2ccccc2)N[C@H]1C(=O)O. The van der Waals surface area contributed by atoms with Crippen molar-refractivity contribution in [2.45, 2.75) is 30.0 Å². The number of carboxylic acid groups (broad SMARTS) is 1. The Morgan fingerprint density at radius 2 is 2.00 bits per heavy atom. The zero-order valence-corrected chi connectivity index (χ0v) is 10.1. The summed E-state index contributed by atoms with van der Waals surface area (Å²) < 4.78 is -0.285. The van der Waals surface area contributed by atoms with Crippen LogP contribution in [0.3, 0.4) is 0 Å². The second kappa shape index (κ2) is 4.11. The van der Waals surface area contributed by atoms with Crippen LogP contribution >= 0.6 is 11.8 Å². The average molecular weight is 237 g/mol. The Hall–Kier alpha value is -1.00. The Bertz CT molecular complexity index is 391. The standard InChI is InChI=1S/C12H15NO2S/c1-12(2)9(11(14)15)13-10(16-12)8-6-4-3-5-7-8/h3-7,9-10,13H,1-2H3,(H,14,15)/t9-,10?/m0/s1. The number of hydrogen-bond acceptors (Lipinski definition) is 3. The van der Waals surface area contributed by atoms with Gasteiger partial charge in [0.25, 0.3) is 0 Å². The highest BCUT2D eigenvalue weighted by Gasteiger charge is 2.45. The highest BCUT2D eigenvalue weighted by Crippen LogP contribution is 2.45. The minimum absolute atomic E-state index is 0.0669. The van der Waals surface area contributed by atoms with Crippen LogP contribution in [-0.2, 0) is 4.79 Å². The van der Waals surface area contributed by atoms with Crippen molar-refractivity contribution in [1.82, 2.24) is 5.32 Å². The molecule has 16 heavy (non-hydrogen) atoms. The summed E-state index contributed by atoms with van der Waals surface area (Å²) in [7, 11) is 0. The van der Waals surface area contributed by atoms with Gasteiger partial charge in [-0.05, 0) is 19.4 Å². The molecule has 1 aromatic rings. The van der Waals surface area contributed by atoms with Gasteiger partial charge in [-0.1, -0.05) is 30.3 Å². The van der Waals surface area contributed by atoms with Gasteiger partial charge in [-0.25, -0.2) is 0 Å². The molecule has 2 rings (SSSR count). The monoisotopic (exact) mass is 237 g/mol. The molecule has 0 bridgehead atoms. The van der Waals surface area contributed by atoms with Crippen LogP contribution in [0.5, 0.6) is 0 Å². The first-order chi connectivity index (χ1) is 7.50. The fourth-order valence-electron chi connectivity index (χ4n) is 1.92. The third-order valence-corrected chi connectivity index (χ3v) is 4.27. The lowest BCUT2D eigenvalue weighted by Crippen LogP contribution is -2.43. The molecule has 1 aliphatic rings. The Balaban J connectivity index is 2.21. The van der Waals surface area contributed by atoms with Crippen LogP contribution in [0.1, 0.15) is 24.8 Å². The fraction of sp³-hybridized carbons (Fsp3) is 0.417. The summed E-state index contributed by atoms with van der Waals surface area (Å²) in [5, 5.41) is 12.4. The highest BCUT2D eigenvalue weighted by molar-refractivity contribution is 8.01. The van der Waals surface area contributed by atoms with E-state index in [0.717, 1.165) is 5.56 Å². The third-order valence-electron chi connectivity index (χ3n) is 2.78. The van der Waals surface area contributed by atoms with Crippen molar-refractivity contribution in [1.29, 1.82) is 0 Å². The maximum Gasteiger partial charge on any atom is 0.322 e. The second-order valence-electron chi connectivity index (χ2n) is 4.45. The van der Waals surface area contributed by atoms with Crippen molar-refractivity contribution in [3.8, 4) is 0 Å². The molecule has 0 amide bonds. The molecule has 1 fully saturated rings. The van der Waals surface area contributed by atoms with Crippen LogP contribution in [0.15, 0.2) is 30.3 Å². The summed E-state index contributed by atoms with van der Waals surface area (Å²) in [6.07, 6.45) is 0. The third kappa shape index (κ3) is 2.08. The number of nitrogens with one attached hydrogen (secondary N) is 1. The number of rotatable bonds is 2. The molecular weight excluding hydrogens is 222 g/mol. The van der Waals surface area contributed by atoms with E-state index < -0.39 is 12.0 Å². The molecule has 1 unspecified atom stereocenters. The highest BCUT2D eigenvalue weighted by atomic mass is 32.2. The van der Waals surface area contributed by atoms with Crippen LogP contribution in [0.2, 0.25) is 0 Å². The number of benzene rings is 1. The van der Waals surface area contributed by atoms with Gasteiger partial charge in [0.15, 0.2) is 0 Å². The van der Waals surface area contributed by atoms with Gasteiger partial charge < -0.3 is 5.11 Å². The maximum atomic E-state index is 11.1. The Kier molecular flexibility index (Phi) is 2.95. The van der Waals surface area contributed by atoms with Crippen molar-refractivity contribution < 1.29 is 9.90 Å². The zero-order chi connectivity index (χ0) is 11.8. The molecule has 1 aromatic carbocycles. The van der Waals surface area contributed by atoms with E-state index >= 15 is 0 Å². The number of carbonyl (C=O) groups is 1. The van der Waals surface area contributed by atoms with E-state index in [4.69, 9.17) is 5.11 Å². The largest absolute Gasteiger partial charge is 0.480 e. The van der Waals surface area contributed by atoms with Crippen LogP contribution in [0.25, 0.3) is 0 Å². The van der Waals surface area contributed by atoms with Gasteiger partial charge in [0.2, 0.25) is 0 Å². The van der Waals surface area contributed by atoms with Crippen molar-refractivity contribution in [2.24, 2.45) is 0 Å². The van der Waals surface area contributed by atoms with Crippen LogP contribution in [0.4, 0.5) is 0 Å². The van der Waals surface area contributed by atoms with E-state index in [9.17, 15) is 4.79 Å². The normalized spacial score (nSPS) is 27.9. The maximum absolute atomic E-state index is 11.1. The molecule has 1 aliphatic heterocycles. The molecule has 0 aliphatic carbocycles. The first kappa shape index (κ1) is 11.5. The Morgan fingerprint density at radius 1 is 1.38 bits per heavy atom. The molecule has 3 nitrogen and oxygen atoms in total. The first-order valence-electron chi connectivity index (χ1n) is 5.22. The molecule has 4 heteroatoms. The zero-order valence-electron chi connectivity index (χ0n) is 9.31. The lowest BCUT2D eigenvalue weighted by Gasteiger charge is -2.20. The lowest BCUT2D eigenvalue weighted by atomic mass is 10.0. The molecule has 0 aromatic heterocycles. The summed E-state index contributed by atoms with van der Waals surface area (Å²) in [6.45, 7) is 3.93. The first-order valence-corrected chi connectivity index (χ1v) is 6.10. The van der Waals surface area contributed by atoms with Crippen molar-refractivity contribution in [3.63, 3.8) is 0 Å². The molecule has 2 atom stereocenters. The molecule has 1 saturated heterocycles.